The number of ketones is 1. The first-order valence-corrected chi connectivity index (χ1v) is 6.82. The fraction of sp³-hybridized carbons (Fsp3) is 0.200. The van der Waals surface area contributed by atoms with Crippen molar-refractivity contribution in [3.63, 3.8) is 0 Å². The maximum Gasteiger partial charge on any atom is 0.339 e. The van der Waals surface area contributed by atoms with Crippen molar-refractivity contribution in [3.05, 3.63) is 57.3 Å². The van der Waals surface area contributed by atoms with E-state index in [1.54, 1.807) is 22.9 Å². The molecule has 0 saturated carbocycles. The lowest BCUT2D eigenvalue weighted by atomic mass is 10.0. The predicted molar refractivity (Wildman–Crippen MR) is 74.8 cm³/mol. The second kappa shape index (κ2) is 5.80. The average molecular weight is 274 g/mol. The molecule has 19 heavy (non-hydrogen) atoms. The molecule has 4 heteroatoms. The third-order valence-corrected chi connectivity index (χ3v) is 3.60. The van der Waals surface area contributed by atoms with Gasteiger partial charge in [0.2, 0.25) is 0 Å². The predicted octanol–water partition coefficient (Wildman–Crippen LogP) is 3.40. The summed E-state index contributed by atoms with van der Waals surface area (Å²) >= 11 is 1.42. The lowest BCUT2D eigenvalue weighted by Gasteiger charge is -2.05. The van der Waals surface area contributed by atoms with Gasteiger partial charge in [-0.25, -0.2) is 4.79 Å². The van der Waals surface area contributed by atoms with Crippen LogP contribution in [0.1, 0.15) is 31.8 Å². The Morgan fingerprint density at radius 3 is 2.53 bits per heavy atom. The highest BCUT2D eigenvalue weighted by molar-refractivity contribution is 7.08. The molecule has 0 spiro atoms. The van der Waals surface area contributed by atoms with Gasteiger partial charge in [0, 0.05) is 10.9 Å². The highest BCUT2D eigenvalue weighted by Gasteiger charge is 2.12. The third kappa shape index (κ3) is 3.29. The molecule has 0 fully saturated rings. The molecule has 2 rings (SSSR count). The van der Waals surface area contributed by atoms with Crippen molar-refractivity contribution < 1.29 is 14.3 Å². The van der Waals surface area contributed by atoms with Gasteiger partial charge in [-0.05, 0) is 42.5 Å². The Morgan fingerprint density at radius 1 is 1.11 bits per heavy atom. The molecule has 1 heterocycles. The van der Waals surface area contributed by atoms with E-state index >= 15 is 0 Å². The molecule has 98 valence electrons. The van der Waals surface area contributed by atoms with Gasteiger partial charge in [-0.2, -0.15) is 11.3 Å². The number of esters is 1. The molecule has 0 aliphatic heterocycles. The van der Waals surface area contributed by atoms with Crippen LogP contribution in [0.25, 0.3) is 0 Å². The van der Waals surface area contributed by atoms with Gasteiger partial charge < -0.3 is 4.74 Å². The monoisotopic (exact) mass is 274 g/mol. The first-order valence-electron chi connectivity index (χ1n) is 5.87. The molecule has 0 aliphatic carbocycles. The number of carbonyl (C=O) groups excluding carboxylic acids is 2. The Morgan fingerprint density at radius 2 is 1.89 bits per heavy atom. The van der Waals surface area contributed by atoms with E-state index < -0.39 is 5.97 Å². The molecular formula is C15H14O3S. The molecule has 0 bridgehead atoms. The number of hydrogen-bond donors (Lipinski definition) is 0. The maximum absolute atomic E-state index is 11.9. The number of aryl methyl sites for hydroxylation is 2. The summed E-state index contributed by atoms with van der Waals surface area (Å²) in [6.07, 6.45) is 0. The minimum atomic E-state index is -0.460. The van der Waals surface area contributed by atoms with Crippen LogP contribution in [0.15, 0.2) is 35.0 Å². The van der Waals surface area contributed by atoms with Gasteiger partial charge in [-0.1, -0.05) is 12.1 Å². The summed E-state index contributed by atoms with van der Waals surface area (Å²) in [5.41, 5.74) is 3.24. The first kappa shape index (κ1) is 13.5. The van der Waals surface area contributed by atoms with Crippen LogP contribution in [0.3, 0.4) is 0 Å². The van der Waals surface area contributed by atoms with Crippen molar-refractivity contribution >= 4 is 23.1 Å². The fourth-order valence-corrected chi connectivity index (χ4v) is 2.22. The zero-order valence-electron chi connectivity index (χ0n) is 10.8. The van der Waals surface area contributed by atoms with E-state index in [1.807, 2.05) is 26.0 Å². The topological polar surface area (TPSA) is 43.4 Å². The molecule has 0 saturated heterocycles. The summed E-state index contributed by atoms with van der Waals surface area (Å²) in [5, 5.41) is 3.49. The van der Waals surface area contributed by atoms with E-state index in [-0.39, 0.29) is 12.4 Å². The van der Waals surface area contributed by atoms with Gasteiger partial charge in [0.25, 0.3) is 0 Å². The smallest absolute Gasteiger partial charge is 0.339 e. The van der Waals surface area contributed by atoms with Crippen LogP contribution in [0.5, 0.6) is 0 Å². The van der Waals surface area contributed by atoms with Crippen LogP contribution in [0.4, 0.5) is 0 Å². The second-order valence-electron chi connectivity index (χ2n) is 4.31. The summed E-state index contributed by atoms with van der Waals surface area (Å²) in [5.74, 6) is -0.648. The Bertz CT molecular complexity index is 600. The number of Topliss-reactive ketones (excluding diaryl/α,β-unsaturated/α-hetero) is 1. The Balaban J connectivity index is 1.98. The van der Waals surface area contributed by atoms with Crippen molar-refractivity contribution in [1.29, 1.82) is 0 Å². The van der Waals surface area contributed by atoms with Crippen molar-refractivity contribution in [1.82, 2.24) is 0 Å². The molecule has 2 aromatic rings. The number of hydrogen-bond acceptors (Lipinski definition) is 4. The number of thiophene rings is 1. The summed E-state index contributed by atoms with van der Waals surface area (Å²) in [6.45, 7) is 3.71. The lowest BCUT2D eigenvalue weighted by molar-refractivity contribution is 0.0475. The van der Waals surface area contributed by atoms with E-state index in [0.717, 1.165) is 11.1 Å². The minimum absolute atomic E-state index is 0.188. The first-order chi connectivity index (χ1) is 9.08. The maximum atomic E-state index is 11.9. The molecule has 0 amide bonds. The van der Waals surface area contributed by atoms with Crippen LogP contribution in [-0.4, -0.2) is 18.4 Å². The van der Waals surface area contributed by atoms with Gasteiger partial charge in [-0.3, -0.25) is 4.79 Å². The van der Waals surface area contributed by atoms with Crippen molar-refractivity contribution in [2.24, 2.45) is 0 Å². The SMILES string of the molecule is Cc1ccc(C(=O)COC(=O)c2ccsc2)cc1C. The summed E-state index contributed by atoms with van der Waals surface area (Å²) < 4.78 is 4.99. The van der Waals surface area contributed by atoms with Crippen molar-refractivity contribution in [2.75, 3.05) is 6.61 Å². The van der Waals surface area contributed by atoms with E-state index in [1.165, 1.54) is 11.3 Å². The zero-order valence-corrected chi connectivity index (χ0v) is 11.6. The van der Waals surface area contributed by atoms with E-state index in [9.17, 15) is 9.59 Å². The van der Waals surface area contributed by atoms with Gasteiger partial charge in [0.1, 0.15) is 0 Å². The summed E-state index contributed by atoms with van der Waals surface area (Å²) in [7, 11) is 0. The van der Waals surface area contributed by atoms with Crippen LogP contribution in [-0.2, 0) is 4.74 Å². The number of ether oxygens (including phenoxy) is 1. The molecule has 0 radical (unpaired) electrons. The molecular weight excluding hydrogens is 260 g/mol. The normalized spacial score (nSPS) is 10.2. The number of rotatable bonds is 4. The van der Waals surface area contributed by atoms with E-state index in [2.05, 4.69) is 0 Å². The van der Waals surface area contributed by atoms with Crippen molar-refractivity contribution in [3.8, 4) is 0 Å². The van der Waals surface area contributed by atoms with Gasteiger partial charge in [0.05, 0.1) is 5.56 Å². The molecule has 0 unspecified atom stereocenters. The summed E-state index contributed by atoms with van der Waals surface area (Å²) in [4.78, 5) is 23.5. The van der Waals surface area contributed by atoms with Crippen LogP contribution in [0.2, 0.25) is 0 Å². The fourth-order valence-electron chi connectivity index (χ4n) is 1.59. The average Bonchev–Trinajstić information content (AvgIpc) is 2.92. The van der Waals surface area contributed by atoms with Crippen LogP contribution < -0.4 is 0 Å². The number of benzene rings is 1. The highest BCUT2D eigenvalue weighted by Crippen LogP contribution is 2.11. The molecule has 1 aromatic carbocycles. The molecule has 1 aromatic heterocycles. The molecule has 0 N–H and O–H groups in total. The largest absolute Gasteiger partial charge is 0.454 e. The second-order valence-corrected chi connectivity index (χ2v) is 5.09. The summed E-state index contributed by atoms with van der Waals surface area (Å²) in [6, 6.07) is 7.13. The Labute approximate surface area is 115 Å². The van der Waals surface area contributed by atoms with Gasteiger partial charge >= 0.3 is 5.97 Å². The van der Waals surface area contributed by atoms with Crippen molar-refractivity contribution in [2.45, 2.75) is 13.8 Å². The highest BCUT2D eigenvalue weighted by atomic mass is 32.1. The molecule has 0 aliphatic rings. The lowest BCUT2D eigenvalue weighted by Crippen LogP contribution is -2.14. The van der Waals surface area contributed by atoms with Gasteiger partial charge in [0.15, 0.2) is 12.4 Å². The molecule has 3 nitrogen and oxygen atoms in total. The standard InChI is InChI=1S/C15H14O3S/c1-10-3-4-12(7-11(10)2)14(16)8-18-15(17)13-5-6-19-9-13/h3-7,9H,8H2,1-2H3. The quantitative estimate of drug-likeness (QED) is 0.634. The number of carbonyl (C=O) groups is 2. The van der Waals surface area contributed by atoms with Crippen LogP contribution in [0, 0.1) is 13.8 Å². The van der Waals surface area contributed by atoms with Crippen LogP contribution >= 0.6 is 11.3 Å². The minimum Gasteiger partial charge on any atom is -0.454 e. The molecule has 0 atom stereocenters. The third-order valence-electron chi connectivity index (χ3n) is 2.92. The Hall–Kier alpha value is -1.94. The van der Waals surface area contributed by atoms with Gasteiger partial charge in [-0.15, -0.1) is 0 Å². The van der Waals surface area contributed by atoms with E-state index in [4.69, 9.17) is 4.74 Å². The zero-order chi connectivity index (χ0) is 13.8. The Kier molecular flexibility index (Phi) is 4.12. The van der Waals surface area contributed by atoms with E-state index in [0.29, 0.717) is 11.1 Å².